The summed E-state index contributed by atoms with van der Waals surface area (Å²) in [6.45, 7) is 5.01. The molecule has 1 aromatic rings. The minimum atomic E-state index is 0.563. The first-order valence-corrected chi connectivity index (χ1v) is 4.49. The number of benzene rings is 1. The van der Waals surface area contributed by atoms with Crippen LogP contribution in [0.25, 0.3) is 0 Å². The summed E-state index contributed by atoms with van der Waals surface area (Å²) in [5.74, 6) is 1.46. The molecule has 1 nitrogen and oxygen atoms in total. The van der Waals surface area contributed by atoms with Gasteiger partial charge in [-0.3, -0.25) is 0 Å². The minimum Gasteiger partial charge on any atom is -0.493 e. The third-order valence-electron chi connectivity index (χ3n) is 1.41. The number of ether oxygens (including phenoxy) is 1. The fraction of sp³-hybridized carbons (Fsp3) is 0.400. The molecule has 1 radical (unpaired) electrons. The zero-order valence-corrected chi connectivity index (χ0v) is 8.23. The zero-order chi connectivity index (χ0) is 8.97. The van der Waals surface area contributed by atoms with Crippen molar-refractivity contribution in [2.75, 3.05) is 6.61 Å². The molecule has 0 aliphatic heterocycles. The van der Waals surface area contributed by atoms with E-state index in [-0.39, 0.29) is 0 Å². The molecule has 0 amide bonds. The van der Waals surface area contributed by atoms with Gasteiger partial charge < -0.3 is 4.74 Å². The van der Waals surface area contributed by atoms with Crippen molar-refractivity contribution < 1.29 is 4.74 Å². The summed E-state index contributed by atoms with van der Waals surface area (Å²) >= 11 is 4.95. The van der Waals surface area contributed by atoms with Crippen LogP contribution in [0.5, 0.6) is 5.75 Å². The molecule has 0 aromatic heterocycles. The Labute approximate surface area is 79.2 Å². The predicted octanol–water partition coefficient (Wildman–Crippen LogP) is 3.28. The monoisotopic (exact) mass is 181 g/mol. The van der Waals surface area contributed by atoms with Crippen LogP contribution in [0.15, 0.2) is 29.2 Å². The first kappa shape index (κ1) is 9.33. The number of hydrogen-bond donors (Lipinski definition) is 0. The summed E-state index contributed by atoms with van der Waals surface area (Å²) in [4.78, 5) is 0.854. The summed E-state index contributed by atoms with van der Waals surface area (Å²) in [5, 5.41) is 0. The van der Waals surface area contributed by atoms with Gasteiger partial charge in [0.15, 0.2) is 0 Å². The molecule has 0 atom stereocenters. The van der Waals surface area contributed by atoms with Gasteiger partial charge in [-0.15, -0.1) is 0 Å². The lowest BCUT2D eigenvalue weighted by molar-refractivity contribution is 0.271. The molecule has 0 heterocycles. The molecule has 12 heavy (non-hydrogen) atoms. The fourth-order valence-corrected chi connectivity index (χ4v) is 0.935. The van der Waals surface area contributed by atoms with Gasteiger partial charge in [0.05, 0.1) is 6.61 Å². The van der Waals surface area contributed by atoms with Crippen LogP contribution in [0.1, 0.15) is 13.8 Å². The molecule has 0 bridgehead atoms. The molecule has 0 unspecified atom stereocenters. The van der Waals surface area contributed by atoms with E-state index in [2.05, 4.69) is 13.8 Å². The lowest BCUT2D eigenvalue weighted by atomic mass is 10.2. The highest BCUT2D eigenvalue weighted by atomic mass is 32.1. The first-order valence-electron chi connectivity index (χ1n) is 4.08. The van der Waals surface area contributed by atoms with Gasteiger partial charge in [-0.1, -0.05) is 26.5 Å². The van der Waals surface area contributed by atoms with Gasteiger partial charge in [-0.2, -0.15) is 0 Å². The van der Waals surface area contributed by atoms with E-state index in [0.717, 1.165) is 17.3 Å². The van der Waals surface area contributed by atoms with E-state index in [1.165, 1.54) is 0 Å². The molecule has 0 saturated carbocycles. The average molecular weight is 181 g/mol. The van der Waals surface area contributed by atoms with E-state index < -0.39 is 0 Å². The molecular formula is C10H13OS. The van der Waals surface area contributed by atoms with Crippen molar-refractivity contribution in [3.8, 4) is 5.75 Å². The molecule has 1 rings (SSSR count). The van der Waals surface area contributed by atoms with Crippen molar-refractivity contribution >= 4 is 12.6 Å². The molecule has 2 heteroatoms. The highest BCUT2D eigenvalue weighted by Crippen LogP contribution is 2.14. The minimum absolute atomic E-state index is 0.563. The predicted molar refractivity (Wildman–Crippen MR) is 52.6 cm³/mol. The number of hydrogen-bond acceptors (Lipinski definition) is 1. The van der Waals surface area contributed by atoms with Gasteiger partial charge in [0.1, 0.15) is 5.75 Å². The van der Waals surface area contributed by atoms with E-state index in [0.29, 0.717) is 5.92 Å². The summed E-state index contributed by atoms with van der Waals surface area (Å²) < 4.78 is 5.48. The van der Waals surface area contributed by atoms with Crippen LogP contribution in [-0.2, 0) is 0 Å². The SMILES string of the molecule is CC(C)COc1ccc([S])cc1. The smallest absolute Gasteiger partial charge is 0.119 e. The van der Waals surface area contributed by atoms with Crippen LogP contribution in [0.3, 0.4) is 0 Å². The second kappa shape index (κ2) is 4.31. The Balaban J connectivity index is 2.48. The Morgan fingerprint density at radius 3 is 2.33 bits per heavy atom. The maximum atomic E-state index is 5.48. The Kier molecular flexibility index (Phi) is 3.35. The fourth-order valence-electron chi connectivity index (χ4n) is 0.799. The van der Waals surface area contributed by atoms with Gasteiger partial charge in [0, 0.05) is 4.90 Å². The van der Waals surface area contributed by atoms with Crippen LogP contribution in [-0.4, -0.2) is 6.61 Å². The van der Waals surface area contributed by atoms with Crippen molar-refractivity contribution in [1.29, 1.82) is 0 Å². The van der Waals surface area contributed by atoms with Crippen LogP contribution < -0.4 is 4.74 Å². The molecular weight excluding hydrogens is 168 g/mol. The maximum absolute atomic E-state index is 5.48. The topological polar surface area (TPSA) is 9.23 Å². The van der Waals surface area contributed by atoms with Crippen LogP contribution in [0, 0.1) is 5.92 Å². The summed E-state index contributed by atoms with van der Waals surface area (Å²) in [6, 6.07) is 7.57. The Morgan fingerprint density at radius 2 is 1.83 bits per heavy atom. The Hall–Kier alpha value is -0.760. The molecule has 0 saturated heterocycles. The molecule has 0 fully saturated rings. The quantitative estimate of drug-likeness (QED) is 0.695. The summed E-state index contributed by atoms with van der Waals surface area (Å²) in [5.41, 5.74) is 0. The van der Waals surface area contributed by atoms with Crippen LogP contribution in [0.2, 0.25) is 0 Å². The third kappa shape index (κ3) is 3.09. The Bertz CT molecular complexity index is 228. The van der Waals surface area contributed by atoms with E-state index in [4.69, 9.17) is 17.4 Å². The maximum Gasteiger partial charge on any atom is 0.119 e. The van der Waals surface area contributed by atoms with Crippen LogP contribution >= 0.6 is 12.6 Å². The molecule has 65 valence electrons. The van der Waals surface area contributed by atoms with Gasteiger partial charge in [0.2, 0.25) is 0 Å². The van der Waals surface area contributed by atoms with E-state index in [9.17, 15) is 0 Å². The highest BCUT2D eigenvalue weighted by Gasteiger charge is 1.95. The van der Waals surface area contributed by atoms with Crippen molar-refractivity contribution in [3.63, 3.8) is 0 Å². The second-order valence-electron chi connectivity index (χ2n) is 3.18. The lowest BCUT2D eigenvalue weighted by Gasteiger charge is -2.07. The third-order valence-corrected chi connectivity index (χ3v) is 1.68. The normalized spacial score (nSPS) is 10.2. The van der Waals surface area contributed by atoms with Gasteiger partial charge in [0.25, 0.3) is 0 Å². The number of rotatable bonds is 3. The summed E-state index contributed by atoms with van der Waals surface area (Å²) in [6.07, 6.45) is 0. The molecule has 1 aromatic carbocycles. The van der Waals surface area contributed by atoms with E-state index in [1.54, 1.807) is 0 Å². The van der Waals surface area contributed by atoms with Crippen molar-refractivity contribution in [2.24, 2.45) is 5.92 Å². The second-order valence-corrected chi connectivity index (χ2v) is 3.65. The zero-order valence-electron chi connectivity index (χ0n) is 7.41. The van der Waals surface area contributed by atoms with E-state index >= 15 is 0 Å². The molecule has 0 N–H and O–H groups in total. The molecule has 0 spiro atoms. The van der Waals surface area contributed by atoms with Gasteiger partial charge >= 0.3 is 0 Å². The molecule has 0 aliphatic carbocycles. The van der Waals surface area contributed by atoms with Crippen molar-refractivity contribution in [1.82, 2.24) is 0 Å². The van der Waals surface area contributed by atoms with Gasteiger partial charge in [-0.25, -0.2) is 0 Å². The Morgan fingerprint density at radius 1 is 1.25 bits per heavy atom. The van der Waals surface area contributed by atoms with Crippen LogP contribution in [0.4, 0.5) is 0 Å². The highest BCUT2D eigenvalue weighted by molar-refractivity contribution is 7.80. The average Bonchev–Trinajstić information content (AvgIpc) is 2.03. The lowest BCUT2D eigenvalue weighted by Crippen LogP contribution is -2.04. The van der Waals surface area contributed by atoms with Crippen molar-refractivity contribution in [3.05, 3.63) is 24.3 Å². The van der Waals surface area contributed by atoms with E-state index in [1.807, 2.05) is 24.3 Å². The standard InChI is InChI=1S/C10H13OS/c1-8(2)7-11-9-3-5-10(12)6-4-9/h3-6,8H,7H2,1-2H3. The summed E-state index contributed by atoms with van der Waals surface area (Å²) in [7, 11) is 0. The van der Waals surface area contributed by atoms with Crippen molar-refractivity contribution in [2.45, 2.75) is 18.7 Å². The van der Waals surface area contributed by atoms with Gasteiger partial charge in [-0.05, 0) is 30.2 Å². The first-order chi connectivity index (χ1) is 5.68. The molecule has 0 aliphatic rings. The largest absolute Gasteiger partial charge is 0.493 e.